The molecule has 0 heterocycles. The molecule has 1 aliphatic carbocycles. The zero-order valence-electron chi connectivity index (χ0n) is 8.49. The molecule has 3 N–H and O–H groups in total. The summed E-state index contributed by atoms with van der Waals surface area (Å²) in [4.78, 5) is 0. The molecule has 92 valence electrons. The normalized spacial score (nSPS) is 18.3. The average Bonchev–Trinajstić information content (AvgIpc) is 2.94. The van der Waals surface area contributed by atoms with E-state index in [9.17, 15) is 12.8 Å². The Kier molecular flexibility index (Phi) is 6.66. The van der Waals surface area contributed by atoms with Crippen LogP contribution in [0.2, 0.25) is 0 Å². The van der Waals surface area contributed by atoms with E-state index in [0.29, 0.717) is 12.5 Å². The van der Waals surface area contributed by atoms with Crippen molar-refractivity contribution in [3.63, 3.8) is 0 Å². The summed E-state index contributed by atoms with van der Waals surface area (Å²) in [5.74, 6) is 0.243. The van der Waals surface area contributed by atoms with Crippen molar-refractivity contribution in [1.82, 2.24) is 4.72 Å². The van der Waals surface area contributed by atoms with Gasteiger partial charge in [0.25, 0.3) is 0 Å². The van der Waals surface area contributed by atoms with Gasteiger partial charge in [-0.15, -0.1) is 12.4 Å². The van der Waals surface area contributed by atoms with E-state index in [-0.39, 0.29) is 30.6 Å². The molecule has 0 bridgehead atoms. The standard InChI is InChI=1S/C8H17FN2O2S.ClH/c9-4-1-5-14(12,13)11-8(6-10)7-2-3-7;/h7-8,11H,1-6,10H2;1H. The Morgan fingerprint density at radius 1 is 1.47 bits per heavy atom. The predicted octanol–water partition coefficient (Wildman–Crippen LogP) is 0.424. The maximum atomic E-state index is 11.8. The number of rotatable bonds is 7. The van der Waals surface area contributed by atoms with Crippen molar-refractivity contribution in [3.8, 4) is 0 Å². The van der Waals surface area contributed by atoms with E-state index >= 15 is 0 Å². The van der Waals surface area contributed by atoms with E-state index < -0.39 is 16.7 Å². The van der Waals surface area contributed by atoms with Gasteiger partial charge in [-0.1, -0.05) is 0 Å². The first kappa shape index (κ1) is 15.1. The maximum absolute atomic E-state index is 11.8. The molecule has 0 aromatic rings. The third-order valence-corrected chi connectivity index (χ3v) is 3.81. The summed E-state index contributed by atoms with van der Waals surface area (Å²) in [6, 6.07) is -0.153. The number of hydrogen-bond acceptors (Lipinski definition) is 3. The fourth-order valence-corrected chi connectivity index (χ4v) is 2.73. The van der Waals surface area contributed by atoms with Gasteiger partial charge in [-0.3, -0.25) is 4.39 Å². The molecule has 0 amide bonds. The quantitative estimate of drug-likeness (QED) is 0.697. The minimum absolute atomic E-state index is 0. The molecule has 1 saturated carbocycles. The van der Waals surface area contributed by atoms with E-state index in [2.05, 4.69) is 4.72 Å². The van der Waals surface area contributed by atoms with Crippen molar-refractivity contribution in [1.29, 1.82) is 0 Å². The van der Waals surface area contributed by atoms with Gasteiger partial charge in [-0.2, -0.15) is 0 Å². The molecule has 0 saturated heterocycles. The van der Waals surface area contributed by atoms with Gasteiger partial charge in [-0.05, 0) is 25.2 Å². The molecule has 0 aliphatic heterocycles. The van der Waals surface area contributed by atoms with Crippen molar-refractivity contribution in [3.05, 3.63) is 0 Å². The molecule has 4 nitrogen and oxygen atoms in total. The summed E-state index contributed by atoms with van der Waals surface area (Å²) >= 11 is 0. The zero-order valence-corrected chi connectivity index (χ0v) is 10.1. The van der Waals surface area contributed by atoms with Crippen molar-refractivity contribution >= 4 is 22.4 Å². The van der Waals surface area contributed by atoms with Crippen molar-refractivity contribution in [2.24, 2.45) is 11.7 Å². The Morgan fingerprint density at radius 3 is 2.47 bits per heavy atom. The molecule has 1 rings (SSSR count). The van der Waals surface area contributed by atoms with Gasteiger partial charge in [-0.25, -0.2) is 13.1 Å². The van der Waals surface area contributed by atoms with Gasteiger partial charge in [0, 0.05) is 12.6 Å². The first-order valence-corrected chi connectivity index (χ1v) is 6.50. The molecular weight excluding hydrogens is 243 g/mol. The van der Waals surface area contributed by atoms with Crippen LogP contribution in [0.15, 0.2) is 0 Å². The average molecular weight is 261 g/mol. The molecule has 0 aromatic heterocycles. The van der Waals surface area contributed by atoms with E-state index in [1.807, 2.05) is 0 Å². The summed E-state index contributed by atoms with van der Waals surface area (Å²) in [6.07, 6.45) is 2.12. The van der Waals surface area contributed by atoms with Crippen LogP contribution >= 0.6 is 12.4 Å². The Balaban J connectivity index is 0.00000196. The topological polar surface area (TPSA) is 72.2 Å². The van der Waals surface area contributed by atoms with Crippen LogP contribution in [0.4, 0.5) is 4.39 Å². The van der Waals surface area contributed by atoms with Crippen molar-refractivity contribution in [2.75, 3.05) is 19.0 Å². The van der Waals surface area contributed by atoms with Gasteiger partial charge in [0.1, 0.15) is 0 Å². The second-order valence-corrected chi connectivity index (χ2v) is 5.53. The summed E-state index contributed by atoms with van der Waals surface area (Å²) in [5, 5.41) is 0. The Bertz CT molecular complexity index is 270. The second kappa shape index (κ2) is 6.62. The van der Waals surface area contributed by atoms with E-state index in [1.165, 1.54) is 0 Å². The van der Waals surface area contributed by atoms with Crippen molar-refractivity contribution in [2.45, 2.75) is 25.3 Å². The van der Waals surface area contributed by atoms with Gasteiger partial charge in [0.2, 0.25) is 10.0 Å². The number of sulfonamides is 1. The lowest BCUT2D eigenvalue weighted by atomic mass is 10.2. The van der Waals surface area contributed by atoms with Crippen LogP contribution in [0.1, 0.15) is 19.3 Å². The van der Waals surface area contributed by atoms with Gasteiger partial charge >= 0.3 is 0 Å². The molecule has 7 heteroatoms. The van der Waals surface area contributed by atoms with Crippen LogP contribution in [0.3, 0.4) is 0 Å². The lowest BCUT2D eigenvalue weighted by Gasteiger charge is -2.15. The monoisotopic (exact) mass is 260 g/mol. The Labute approximate surface area is 96.3 Å². The lowest BCUT2D eigenvalue weighted by molar-refractivity contribution is 0.478. The van der Waals surface area contributed by atoms with Gasteiger partial charge in [0.15, 0.2) is 0 Å². The number of halogens is 2. The molecule has 0 radical (unpaired) electrons. The third-order valence-electron chi connectivity index (χ3n) is 2.32. The summed E-state index contributed by atoms with van der Waals surface area (Å²) in [5.41, 5.74) is 5.45. The van der Waals surface area contributed by atoms with Crippen LogP contribution in [-0.2, 0) is 10.0 Å². The molecule has 1 fully saturated rings. The highest BCUT2D eigenvalue weighted by molar-refractivity contribution is 7.89. The van der Waals surface area contributed by atoms with Crippen LogP contribution in [0.5, 0.6) is 0 Å². The summed E-state index contributed by atoms with van der Waals surface area (Å²) < 4.78 is 37.0. The van der Waals surface area contributed by atoms with Gasteiger partial charge in [0.05, 0.1) is 12.4 Å². The SMILES string of the molecule is Cl.NCC(NS(=O)(=O)CCCF)C1CC1. The van der Waals surface area contributed by atoms with Crippen LogP contribution in [-0.4, -0.2) is 33.4 Å². The van der Waals surface area contributed by atoms with Crippen LogP contribution < -0.4 is 10.5 Å². The minimum atomic E-state index is -3.33. The van der Waals surface area contributed by atoms with Crippen LogP contribution in [0.25, 0.3) is 0 Å². The molecule has 15 heavy (non-hydrogen) atoms. The summed E-state index contributed by atoms with van der Waals surface area (Å²) in [6.45, 7) is -0.281. The number of nitrogens with one attached hydrogen (secondary N) is 1. The molecule has 1 unspecified atom stereocenters. The molecule has 1 aliphatic rings. The maximum Gasteiger partial charge on any atom is 0.211 e. The highest BCUT2D eigenvalue weighted by Crippen LogP contribution is 2.32. The molecular formula is C8H18ClFN2O2S. The Hall–Kier alpha value is 0.0900. The van der Waals surface area contributed by atoms with Gasteiger partial charge < -0.3 is 5.73 Å². The van der Waals surface area contributed by atoms with E-state index in [1.54, 1.807) is 0 Å². The molecule has 0 spiro atoms. The number of nitrogens with two attached hydrogens (primary N) is 1. The van der Waals surface area contributed by atoms with E-state index in [4.69, 9.17) is 5.73 Å². The Morgan fingerprint density at radius 2 is 2.07 bits per heavy atom. The minimum Gasteiger partial charge on any atom is -0.329 e. The molecule has 1 atom stereocenters. The van der Waals surface area contributed by atoms with Crippen molar-refractivity contribution < 1.29 is 12.8 Å². The fourth-order valence-electron chi connectivity index (χ4n) is 1.37. The molecule has 0 aromatic carbocycles. The first-order valence-electron chi connectivity index (χ1n) is 4.85. The highest BCUT2D eigenvalue weighted by Gasteiger charge is 2.32. The fraction of sp³-hybridized carbons (Fsp3) is 1.00. The zero-order chi connectivity index (χ0) is 10.6. The van der Waals surface area contributed by atoms with E-state index in [0.717, 1.165) is 12.8 Å². The predicted molar refractivity (Wildman–Crippen MR) is 60.3 cm³/mol. The van der Waals surface area contributed by atoms with Crippen LogP contribution in [0, 0.1) is 5.92 Å². The first-order chi connectivity index (χ1) is 6.59. The smallest absolute Gasteiger partial charge is 0.211 e. The largest absolute Gasteiger partial charge is 0.329 e. The lowest BCUT2D eigenvalue weighted by Crippen LogP contribution is -2.42. The third kappa shape index (κ3) is 5.65. The second-order valence-electron chi connectivity index (χ2n) is 3.66. The number of hydrogen-bond donors (Lipinski definition) is 2. The summed E-state index contributed by atoms with van der Waals surface area (Å²) in [7, 11) is -3.33. The number of alkyl halides is 1. The highest BCUT2D eigenvalue weighted by atomic mass is 35.5.